The Kier molecular flexibility index (Phi) is 4.35. The van der Waals surface area contributed by atoms with Crippen molar-refractivity contribution in [1.82, 2.24) is 0 Å². The fourth-order valence-electron chi connectivity index (χ4n) is 1.26. The number of anilines is 1. The van der Waals surface area contributed by atoms with Gasteiger partial charge in [0.05, 0.1) is 18.9 Å². The van der Waals surface area contributed by atoms with Gasteiger partial charge in [-0.1, -0.05) is 0 Å². The second-order valence-corrected chi connectivity index (χ2v) is 6.68. The third-order valence-electron chi connectivity index (χ3n) is 2.00. The van der Waals surface area contributed by atoms with Crippen molar-refractivity contribution in [3.8, 4) is 11.8 Å². The summed E-state index contributed by atoms with van der Waals surface area (Å²) >= 11 is 0. The summed E-state index contributed by atoms with van der Waals surface area (Å²) in [4.78, 5) is -0.354. The van der Waals surface area contributed by atoms with Crippen molar-refractivity contribution in [2.75, 3.05) is 17.6 Å². The molecule has 19 heavy (non-hydrogen) atoms. The minimum absolute atomic E-state index is 0.00858. The van der Waals surface area contributed by atoms with Crippen LogP contribution in [0.4, 0.5) is 5.69 Å². The van der Waals surface area contributed by atoms with Crippen molar-refractivity contribution in [1.29, 1.82) is 5.26 Å². The van der Waals surface area contributed by atoms with E-state index in [4.69, 9.17) is 15.1 Å². The van der Waals surface area contributed by atoms with Crippen LogP contribution in [0.25, 0.3) is 0 Å². The number of nitriles is 1. The fraction of sp³-hybridized carbons (Fsp3) is 0.222. The van der Waals surface area contributed by atoms with Gasteiger partial charge < -0.3 is 4.74 Å². The van der Waals surface area contributed by atoms with Crippen LogP contribution in [0.1, 0.15) is 0 Å². The monoisotopic (exact) mass is 305 g/mol. The van der Waals surface area contributed by atoms with Crippen LogP contribution in [0.5, 0.6) is 5.75 Å². The number of hydrogen-bond donors (Lipinski definition) is 2. The average molecular weight is 305 g/mol. The molecule has 0 aromatic heterocycles. The second kappa shape index (κ2) is 5.43. The van der Waals surface area contributed by atoms with E-state index in [1.165, 1.54) is 25.3 Å². The molecule has 0 aliphatic carbocycles. The van der Waals surface area contributed by atoms with Crippen molar-refractivity contribution in [3.63, 3.8) is 0 Å². The Hall–Kier alpha value is -1.83. The van der Waals surface area contributed by atoms with Crippen molar-refractivity contribution < 1.29 is 21.6 Å². The summed E-state index contributed by atoms with van der Waals surface area (Å²) in [6, 6.07) is 5.04. The number of rotatable bonds is 5. The van der Waals surface area contributed by atoms with Crippen molar-refractivity contribution in [2.24, 2.45) is 5.14 Å². The van der Waals surface area contributed by atoms with Gasteiger partial charge in [-0.05, 0) is 18.2 Å². The molecule has 0 amide bonds. The third-order valence-corrected chi connectivity index (χ3v) is 3.99. The summed E-state index contributed by atoms with van der Waals surface area (Å²) in [7, 11) is -6.66. The number of benzene rings is 1. The number of nitrogens with two attached hydrogens (primary N) is 1. The first-order valence-corrected chi connectivity index (χ1v) is 7.98. The van der Waals surface area contributed by atoms with Crippen LogP contribution in [-0.2, 0) is 20.0 Å². The Labute approximate surface area is 110 Å². The number of sulfonamides is 2. The molecular formula is C9H11N3O5S2. The lowest BCUT2D eigenvalue weighted by Crippen LogP contribution is -2.17. The molecule has 0 saturated heterocycles. The van der Waals surface area contributed by atoms with E-state index >= 15 is 0 Å². The molecule has 1 rings (SSSR count). The van der Waals surface area contributed by atoms with Crippen LogP contribution in [0.2, 0.25) is 0 Å². The molecule has 10 heteroatoms. The molecule has 8 nitrogen and oxygen atoms in total. The van der Waals surface area contributed by atoms with Crippen LogP contribution in [0, 0.1) is 11.3 Å². The van der Waals surface area contributed by atoms with Gasteiger partial charge in [0.2, 0.25) is 20.0 Å². The van der Waals surface area contributed by atoms with E-state index in [9.17, 15) is 16.8 Å². The van der Waals surface area contributed by atoms with Gasteiger partial charge in [-0.3, -0.25) is 4.72 Å². The van der Waals surface area contributed by atoms with E-state index < -0.39 is 25.8 Å². The summed E-state index contributed by atoms with van der Waals surface area (Å²) in [6.45, 7) is 0. The highest BCUT2D eigenvalue weighted by Crippen LogP contribution is 2.26. The van der Waals surface area contributed by atoms with Gasteiger partial charge in [0, 0.05) is 0 Å². The maximum Gasteiger partial charge on any atom is 0.246 e. The largest absolute Gasteiger partial charge is 0.495 e. The zero-order valence-corrected chi connectivity index (χ0v) is 11.5. The first kappa shape index (κ1) is 15.2. The summed E-state index contributed by atoms with van der Waals surface area (Å²) in [5.74, 6) is -0.755. The molecule has 0 heterocycles. The van der Waals surface area contributed by atoms with Gasteiger partial charge in [0.15, 0.2) is 5.75 Å². The maximum atomic E-state index is 11.4. The highest BCUT2D eigenvalue weighted by Gasteiger charge is 2.17. The molecule has 0 aliphatic heterocycles. The smallest absolute Gasteiger partial charge is 0.246 e. The third kappa shape index (κ3) is 4.09. The lowest BCUT2D eigenvalue weighted by atomic mass is 10.3. The predicted octanol–water partition coefficient (Wildman–Crippen LogP) is -0.392. The molecule has 0 spiro atoms. The number of primary sulfonamides is 1. The van der Waals surface area contributed by atoms with Gasteiger partial charge in [-0.25, -0.2) is 22.0 Å². The van der Waals surface area contributed by atoms with Crippen molar-refractivity contribution in [2.45, 2.75) is 4.90 Å². The van der Waals surface area contributed by atoms with Crippen LogP contribution in [-0.4, -0.2) is 29.7 Å². The van der Waals surface area contributed by atoms with E-state index in [0.717, 1.165) is 6.07 Å². The molecule has 1 aromatic carbocycles. The first-order chi connectivity index (χ1) is 8.69. The van der Waals surface area contributed by atoms with E-state index in [1.54, 1.807) is 0 Å². The molecule has 0 bridgehead atoms. The highest BCUT2D eigenvalue weighted by molar-refractivity contribution is 7.92. The second-order valence-electron chi connectivity index (χ2n) is 3.43. The highest BCUT2D eigenvalue weighted by atomic mass is 32.2. The maximum absolute atomic E-state index is 11.4. The van der Waals surface area contributed by atoms with Crippen LogP contribution < -0.4 is 14.6 Å². The van der Waals surface area contributed by atoms with E-state index in [0.29, 0.717) is 0 Å². The zero-order valence-electron chi connectivity index (χ0n) is 9.82. The van der Waals surface area contributed by atoms with E-state index in [-0.39, 0.29) is 16.3 Å². The molecule has 0 unspecified atom stereocenters. The topological polar surface area (TPSA) is 139 Å². The SMILES string of the molecule is COc1ccc(NS(=O)(=O)CC#N)cc1S(N)(=O)=O. The Morgan fingerprint density at radius 3 is 2.47 bits per heavy atom. The van der Waals surface area contributed by atoms with Gasteiger partial charge in [-0.15, -0.1) is 0 Å². The number of methoxy groups -OCH3 is 1. The Bertz CT molecular complexity index is 719. The molecular weight excluding hydrogens is 294 g/mol. The molecule has 0 atom stereocenters. The van der Waals surface area contributed by atoms with E-state index in [1.807, 2.05) is 0 Å². The quantitative estimate of drug-likeness (QED) is 0.759. The molecule has 0 aliphatic rings. The van der Waals surface area contributed by atoms with Gasteiger partial charge in [0.25, 0.3) is 0 Å². The number of hydrogen-bond acceptors (Lipinski definition) is 6. The normalized spacial score (nSPS) is 11.6. The lowest BCUT2D eigenvalue weighted by molar-refractivity contribution is 0.403. The number of nitrogens with zero attached hydrogens (tertiary/aromatic N) is 1. The fourth-order valence-corrected chi connectivity index (χ4v) is 2.71. The van der Waals surface area contributed by atoms with Crippen molar-refractivity contribution in [3.05, 3.63) is 18.2 Å². The average Bonchev–Trinajstić information content (AvgIpc) is 2.27. The molecule has 0 saturated carbocycles. The zero-order chi connectivity index (χ0) is 14.7. The minimum atomic E-state index is -4.06. The predicted molar refractivity (Wildman–Crippen MR) is 67.4 cm³/mol. The first-order valence-electron chi connectivity index (χ1n) is 4.78. The number of nitrogens with one attached hydrogen (secondary N) is 1. The van der Waals surface area contributed by atoms with Crippen molar-refractivity contribution >= 4 is 25.7 Å². The number of ether oxygens (including phenoxy) is 1. The summed E-state index contributed by atoms with van der Waals surface area (Å²) in [5.41, 5.74) is -0.0277. The molecule has 3 N–H and O–H groups in total. The Morgan fingerprint density at radius 2 is 2.00 bits per heavy atom. The van der Waals surface area contributed by atoms with Crippen LogP contribution in [0.15, 0.2) is 23.1 Å². The molecule has 104 valence electrons. The Balaban J connectivity index is 3.25. The van der Waals surface area contributed by atoms with Gasteiger partial charge >= 0.3 is 0 Å². The van der Waals surface area contributed by atoms with Gasteiger partial charge in [0.1, 0.15) is 10.6 Å². The molecule has 1 aromatic rings. The summed E-state index contributed by atoms with van der Waals surface area (Å²) in [6.07, 6.45) is 0. The van der Waals surface area contributed by atoms with E-state index in [2.05, 4.69) is 4.72 Å². The molecule has 0 fully saturated rings. The summed E-state index contributed by atoms with van der Waals surface area (Å²) < 4.78 is 52.3. The lowest BCUT2D eigenvalue weighted by Gasteiger charge is -2.10. The summed E-state index contributed by atoms with van der Waals surface area (Å²) in [5, 5.41) is 13.3. The Morgan fingerprint density at radius 1 is 1.37 bits per heavy atom. The van der Waals surface area contributed by atoms with Crippen LogP contribution in [0.3, 0.4) is 0 Å². The van der Waals surface area contributed by atoms with Gasteiger partial charge in [-0.2, -0.15) is 5.26 Å². The van der Waals surface area contributed by atoms with Crippen LogP contribution >= 0.6 is 0 Å². The minimum Gasteiger partial charge on any atom is -0.495 e. The standard InChI is InChI=1S/C9H11N3O5S2/c1-17-8-3-2-7(6-9(8)19(11,15)16)12-18(13,14)5-4-10/h2-3,6,12H,5H2,1H3,(H2,11,15,16). The molecule has 0 radical (unpaired) electrons.